The van der Waals surface area contributed by atoms with Crippen molar-refractivity contribution in [1.82, 2.24) is 4.90 Å². The molecular weight excluding hydrogens is 126 g/mol. The van der Waals surface area contributed by atoms with Crippen molar-refractivity contribution >= 4 is 5.78 Å². The molecule has 1 heterocycles. The molecule has 0 bridgehead atoms. The third-order valence-corrected chi connectivity index (χ3v) is 2.60. The smallest absolute Gasteiger partial charge is 0.149 e. The topological polar surface area (TPSA) is 20.3 Å². The lowest BCUT2D eigenvalue weighted by Gasteiger charge is -2.35. The first-order chi connectivity index (χ1) is 4.88. The van der Waals surface area contributed by atoms with Gasteiger partial charge in [0.25, 0.3) is 0 Å². The van der Waals surface area contributed by atoms with Gasteiger partial charge in [-0.1, -0.05) is 0 Å². The van der Waals surface area contributed by atoms with E-state index in [2.05, 4.69) is 4.90 Å². The van der Waals surface area contributed by atoms with Crippen LogP contribution in [0.15, 0.2) is 0 Å². The summed E-state index contributed by atoms with van der Waals surface area (Å²) < 4.78 is 0. The number of nitrogens with zero attached hydrogens (tertiary/aromatic N) is 1. The monoisotopic (exact) mass is 139 g/mol. The van der Waals surface area contributed by atoms with Crippen molar-refractivity contribution in [3.63, 3.8) is 0 Å². The van der Waals surface area contributed by atoms with Gasteiger partial charge in [0.15, 0.2) is 0 Å². The quantitative estimate of drug-likeness (QED) is 0.536. The first-order valence-electron chi connectivity index (χ1n) is 4.15. The molecule has 0 aromatic heterocycles. The van der Waals surface area contributed by atoms with E-state index in [-0.39, 0.29) is 0 Å². The van der Waals surface area contributed by atoms with E-state index in [9.17, 15) is 4.79 Å². The fourth-order valence-corrected chi connectivity index (χ4v) is 1.84. The van der Waals surface area contributed by atoms with Crippen LogP contribution < -0.4 is 0 Å². The maximum atomic E-state index is 11.2. The molecule has 1 atom stereocenters. The minimum Gasteiger partial charge on any atom is -0.298 e. The van der Waals surface area contributed by atoms with E-state index >= 15 is 0 Å². The van der Waals surface area contributed by atoms with Crippen molar-refractivity contribution in [2.75, 3.05) is 13.1 Å². The zero-order valence-electron chi connectivity index (χ0n) is 6.18. The number of likely N-dealkylation sites (tertiary alicyclic amines) is 1. The molecule has 56 valence electrons. The standard InChI is InChI=1S/C8H13NO/c10-8-4-1-3-7(8)9-5-2-6-9/h7H,1-6H2. The summed E-state index contributed by atoms with van der Waals surface area (Å²) in [7, 11) is 0. The molecule has 1 unspecified atom stereocenters. The maximum absolute atomic E-state index is 11.2. The molecule has 10 heavy (non-hydrogen) atoms. The van der Waals surface area contributed by atoms with E-state index in [0.29, 0.717) is 11.8 Å². The normalized spacial score (nSPS) is 34.4. The van der Waals surface area contributed by atoms with E-state index in [4.69, 9.17) is 0 Å². The van der Waals surface area contributed by atoms with Crippen LogP contribution in [0.1, 0.15) is 25.7 Å². The van der Waals surface area contributed by atoms with E-state index < -0.39 is 0 Å². The van der Waals surface area contributed by atoms with Crippen molar-refractivity contribution in [2.45, 2.75) is 31.7 Å². The lowest BCUT2D eigenvalue weighted by Crippen LogP contribution is -2.46. The van der Waals surface area contributed by atoms with Gasteiger partial charge < -0.3 is 0 Å². The van der Waals surface area contributed by atoms with Crippen molar-refractivity contribution in [3.05, 3.63) is 0 Å². The molecule has 2 fully saturated rings. The van der Waals surface area contributed by atoms with Crippen LogP contribution in [0.5, 0.6) is 0 Å². The Kier molecular flexibility index (Phi) is 1.49. The molecule has 2 nitrogen and oxygen atoms in total. The van der Waals surface area contributed by atoms with E-state index in [1.165, 1.54) is 6.42 Å². The summed E-state index contributed by atoms with van der Waals surface area (Å²) in [6.07, 6.45) is 4.38. The highest BCUT2D eigenvalue weighted by molar-refractivity contribution is 5.85. The van der Waals surface area contributed by atoms with Crippen LogP contribution in [0.4, 0.5) is 0 Å². The third-order valence-electron chi connectivity index (χ3n) is 2.60. The van der Waals surface area contributed by atoms with Crippen LogP contribution >= 0.6 is 0 Å². The summed E-state index contributed by atoms with van der Waals surface area (Å²) in [5, 5.41) is 0. The fraction of sp³-hybridized carbons (Fsp3) is 0.875. The molecule has 1 aliphatic carbocycles. The molecule has 2 heteroatoms. The van der Waals surface area contributed by atoms with Gasteiger partial charge in [0.2, 0.25) is 0 Å². The average molecular weight is 139 g/mol. The van der Waals surface area contributed by atoms with Gasteiger partial charge in [-0.3, -0.25) is 9.69 Å². The first kappa shape index (κ1) is 6.35. The van der Waals surface area contributed by atoms with Crippen LogP contribution in [0.2, 0.25) is 0 Å². The molecule has 1 saturated carbocycles. The van der Waals surface area contributed by atoms with Crippen LogP contribution in [-0.2, 0) is 4.79 Å². The number of Topliss-reactive ketones (excluding diaryl/α,β-unsaturated/α-hetero) is 1. The highest BCUT2D eigenvalue weighted by Gasteiger charge is 2.32. The van der Waals surface area contributed by atoms with Crippen molar-refractivity contribution in [2.24, 2.45) is 0 Å². The second-order valence-electron chi connectivity index (χ2n) is 3.26. The minimum absolute atomic E-state index is 0.328. The van der Waals surface area contributed by atoms with Crippen LogP contribution in [0.25, 0.3) is 0 Å². The highest BCUT2D eigenvalue weighted by atomic mass is 16.1. The predicted molar refractivity (Wildman–Crippen MR) is 38.8 cm³/mol. The first-order valence-corrected chi connectivity index (χ1v) is 4.15. The number of hydrogen-bond acceptors (Lipinski definition) is 2. The second kappa shape index (κ2) is 2.35. The van der Waals surface area contributed by atoms with E-state index in [0.717, 1.165) is 32.4 Å². The Labute approximate surface area is 61.2 Å². The minimum atomic E-state index is 0.328. The van der Waals surface area contributed by atoms with Crippen molar-refractivity contribution in [1.29, 1.82) is 0 Å². The molecule has 0 aromatic carbocycles. The second-order valence-corrected chi connectivity index (χ2v) is 3.26. The third kappa shape index (κ3) is 0.870. The summed E-state index contributed by atoms with van der Waals surface area (Å²) in [5.74, 6) is 0.486. The SMILES string of the molecule is O=C1CCCC1N1CCC1. The Hall–Kier alpha value is -0.370. The summed E-state index contributed by atoms with van der Waals surface area (Å²) in [6, 6.07) is 0.328. The van der Waals surface area contributed by atoms with Crippen molar-refractivity contribution < 1.29 is 4.79 Å². The Morgan fingerprint density at radius 1 is 1.30 bits per heavy atom. The summed E-state index contributed by atoms with van der Waals surface area (Å²) in [6.45, 7) is 2.33. The Bertz CT molecular complexity index is 151. The summed E-state index contributed by atoms with van der Waals surface area (Å²) in [4.78, 5) is 13.5. The van der Waals surface area contributed by atoms with Gasteiger partial charge in [-0.15, -0.1) is 0 Å². The summed E-state index contributed by atoms with van der Waals surface area (Å²) >= 11 is 0. The lowest BCUT2D eigenvalue weighted by atomic mass is 10.1. The van der Waals surface area contributed by atoms with Gasteiger partial charge in [-0.05, 0) is 19.3 Å². The zero-order chi connectivity index (χ0) is 6.97. The lowest BCUT2D eigenvalue weighted by molar-refractivity contribution is -0.123. The molecular formula is C8H13NO. The molecule has 0 radical (unpaired) electrons. The Morgan fingerprint density at radius 2 is 2.10 bits per heavy atom. The van der Waals surface area contributed by atoms with Crippen LogP contribution in [0.3, 0.4) is 0 Å². The van der Waals surface area contributed by atoms with E-state index in [1.54, 1.807) is 0 Å². The number of ketones is 1. The van der Waals surface area contributed by atoms with E-state index in [1.807, 2.05) is 0 Å². The van der Waals surface area contributed by atoms with Gasteiger partial charge in [0, 0.05) is 19.5 Å². The molecule has 2 aliphatic rings. The van der Waals surface area contributed by atoms with Crippen LogP contribution in [0, 0.1) is 0 Å². The molecule has 2 rings (SSSR count). The predicted octanol–water partition coefficient (Wildman–Crippen LogP) is 0.814. The number of carbonyl (C=O) groups is 1. The van der Waals surface area contributed by atoms with Crippen molar-refractivity contribution in [3.8, 4) is 0 Å². The molecule has 0 N–H and O–H groups in total. The van der Waals surface area contributed by atoms with Gasteiger partial charge in [-0.2, -0.15) is 0 Å². The van der Waals surface area contributed by atoms with Gasteiger partial charge >= 0.3 is 0 Å². The number of carbonyl (C=O) groups excluding carboxylic acids is 1. The number of rotatable bonds is 1. The molecule has 0 spiro atoms. The largest absolute Gasteiger partial charge is 0.298 e. The molecule has 1 aliphatic heterocycles. The molecule has 0 amide bonds. The van der Waals surface area contributed by atoms with Gasteiger partial charge in [0.05, 0.1) is 6.04 Å². The maximum Gasteiger partial charge on any atom is 0.149 e. The van der Waals surface area contributed by atoms with Crippen LogP contribution in [-0.4, -0.2) is 29.8 Å². The highest BCUT2D eigenvalue weighted by Crippen LogP contribution is 2.23. The Morgan fingerprint density at radius 3 is 2.50 bits per heavy atom. The molecule has 0 aromatic rings. The Balaban J connectivity index is 1.96. The summed E-state index contributed by atoms with van der Waals surface area (Å²) in [5.41, 5.74) is 0. The molecule has 1 saturated heterocycles. The number of hydrogen-bond donors (Lipinski definition) is 0. The average Bonchev–Trinajstić information content (AvgIpc) is 2.12. The zero-order valence-corrected chi connectivity index (χ0v) is 6.18. The van der Waals surface area contributed by atoms with Gasteiger partial charge in [0.1, 0.15) is 5.78 Å². The van der Waals surface area contributed by atoms with Gasteiger partial charge in [-0.25, -0.2) is 0 Å². The fourth-order valence-electron chi connectivity index (χ4n) is 1.84.